The lowest BCUT2D eigenvalue weighted by Gasteiger charge is -2.18. The minimum atomic E-state index is -0.569. The molecule has 2 amide bonds. The Morgan fingerprint density at radius 3 is 1.86 bits per heavy atom. The van der Waals surface area contributed by atoms with Crippen LogP contribution in [0.15, 0.2) is 84.9 Å². The first kappa shape index (κ1) is 19.1. The number of hydrogen-bond acceptors (Lipinski definition) is 3. The fourth-order valence-corrected chi connectivity index (χ4v) is 2.71. The van der Waals surface area contributed by atoms with Gasteiger partial charge in [0.1, 0.15) is 11.6 Å². The Labute approximate surface area is 162 Å². The van der Waals surface area contributed by atoms with Crippen LogP contribution in [0.1, 0.15) is 17.0 Å². The number of ether oxygens (including phenoxy) is 1. The molecule has 6 heteroatoms. The van der Waals surface area contributed by atoms with Gasteiger partial charge in [-0.25, -0.2) is 4.39 Å². The molecule has 5 nitrogen and oxygen atoms in total. The van der Waals surface area contributed by atoms with E-state index in [-0.39, 0.29) is 12.5 Å². The normalized spacial score (nSPS) is 10.4. The molecule has 0 unspecified atom stereocenters. The fraction of sp³-hybridized carbons (Fsp3) is 0.0909. The number of amides is 2. The topological polar surface area (TPSA) is 67.4 Å². The minimum Gasteiger partial charge on any atom is -0.484 e. The van der Waals surface area contributed by atoms with Crippen LogP contribution in [0.4, 0.5) is 4.39 Å². The van der Waals surface area contributed by atoms with Crippen LogP contribution in [0.5, 0.6) is 5.75 Å². The van der Waals surface area contributed by atoms with Crippen molar-refractivity contribution >= 4 is 11.8 Å². The summed E-state index contributed by atoms with van der Waals surface area (Å²) in [6.45, 7) is -0.312. The van der Waals surface area contributed by atoms with Gasteiger partial charge in [-0.05, 0) is 35.4 Å². The van der Waals surface area contributed by atoms with Gasteiger partial charge in [0, 0.05) is 0 Å². The second kappa shape index (κ2) is 9.32. The summed E-state index contributed by atoms with van der Waals surface area (Å²) in [7, 11) is 0. The third kappa shape index (κ3) is 5.17. The lowest BCUT2D eigenvalue weighted by Crippen LogP contribution is -2.46. The molecule has 0 aromatic heterocycles. The first-order chi connectivity index (χ1) is 13.6. The van der Waals surface area contributed by atoms with Crippen LogP contribution in [0.25, 0.3) is 0 Å². The van der Waals surface area contributed by atoms with Crippen LogP contribution in [0.2, 0.25) is 0 Å². The van der Waals surface area contributed by atoms with E-state index in [1.165, 1.54) is 24.3 Å². The Bertz CT molecular complexity index is 876. The highest BCUT2D eigenvalue weighted by molar-refractivity contribution is 5.89. The van der Waals surface area contributed by atoms with Crippen molar-refractivity contribution in [1.29, 1.82) is 0 Å². The van der Waals surface area contributed by atoms with Crippen LogP contribution in [-0.4, -0.2) is 18.4 Å². The number of hydrazine groups is 1. The second-order valence-corrected chi connectivity index (χ2v) is 6.03. The summed E-state index contributed by atoms with van der Waals surface area (Å²) >= 11 is 0. The summed E-state index contributed by atoms with van der Waals surface area (Å²) in [5.41, 5.74) is 6.41. The van der Waals surface area contributed by atoms with Crippen molar-refractivity contribution < 1.29 is 18.7 Å². The lowest BCUT2D eigenvalue weighted by atomic mass is 9.91. The van der Waals surface area contributed by atoms with E-state index in [0.29, 0.717) is 5.75 Å². The van der Waals surface area contributed by atoms with Gasteiger partial charge in [-0.15, -0.1) is 0 Å². The maximum atomic E-state index is 12.9. The monoisotopic (exact) mass is 378 g/mol. The maximum absolute atomic E-state index is 12.9. The van der Waals surface area contributed by atoms with Crippen LogP contribution < -0.4 is 15.6 Å². The van der Waals surface area contributed by atoms with Crippen molar-refractivity contribution in [2.24, 2.45) is 0 Å². The zero-order chi connectivity index (χ0) is 19.8. The highest BCUT2D eigenvalue weighted by Gasteiger charge is 2.22. The van der Waals surface area contributed by atoms with Crippen LogP contribution >= 0.6 is 0 Å². The molecule has 0 aliphatic heterocycles. The van der Waals surface area contributed by atoms with Gasteiger partial charge in [0.05, 0.1) is 5.92 Å². The van der Waals surface area contributed by atoms with E-state index in [2.05, 4.69) is 10.9 Å². The van der Waals surface area contributed by atoms with E-state index in [0.717, 1.165) is 11.1 Å². The number of carbonyl (C=O) groups is 2. The number of carbonyl (C=O) groups excluding carboxylic acids is 2. The molecule has 0 spiro atoms. The van der Waals surface area contributed by atoms with E-state index < -0.39 is 17.6 Å². The quantitative estimate of drug-likeness (QED) is 0.648. The van der Waals surface area contributed by atoms with Crippen molar-refractivity contribution in [2.45, 2.75) is 5.92 Å². The number of rotatable bonds is 6. The summed E-state index contributed by atoms with van der Waals surface area (Å²) in [6.07, 6.45) is 0. The van der Waals surface area contributed by atoms with Crippen molar-refractivity contribution in [3.05, 3.63) is 102 Å². The molecule has 28 heavy (non-hydrogen) atoms. The van der Waals surface area contributed by atoms with Gasteiger partial charge in [0.25, 0.3) is 5.91 Å². The molecule has 3 aromatic carbocycles. The van der Waals surface area contributed by atoms with Gasteiger partial charge in [0.15, 0.2) is 6.61 Å². The largest absolute Gasteiger partial charge is 0.484 e. The molecular weight excluding hydrogens is 359 g/mol. The number of hydrogen-bond donors (Lipinski definition) is 2. The lowest BCUT2D eigenvalue weighted by molar-refractivity contribution is -0.130. The molecule has 142 valence electrons. The summed E-state index contributed by atoms with van der Waals surface area (Å²) in [6, 6.07) is 23.9. The molecule has 0 atom stereocenters. The van der Waals surface area contributed by atoms with Crippen LogP contribution in [0.3, 0.4) is 0 Å². The molecule has 3 rings (SSSR count). The summed E-state index contributed by atoms with van der Waals surface area (Å²) in [5, 5.41) is 0. The zero-order valence-corrected chi connectivity index (χ0v) is 15.0. The van der Waals surface area contributed by atoms with E-state index >= 15 is 0 Å². The van der Waals surface area contributed by atoms with Crippen molar-refractivity contribution in [1.82, 2.24) is 10.9 Å². The second-order valence-electron chi connectivity index (χ2n) is 6.03. The highest BCUT2D eigenvalue weighted by Crippen LogP contribution is 2.24. The molecule has 0 saturated heterocycles. The summed E-state index contributed by atoms with van der Waals surface area (Å²) < 4.78 is 18.1. The fourth-order valence-electron chi connectivity index (χ4n) is 2.71. The Morgan fingerprint density at radius 2 is 1.32 bits per heavy atom. The maximum Gasteiger partial charge on any atom is 0.276 e. The third-order valence-electron chi connectivity index (χ3n) is 4.04. The number of halogens is 1. The van der Waals surface area contributed by atoms with E-state index in [9.17, 15) is 14.0 Å². The van der Waals surface area contributed by atoms with E-state index in [1.54, 1.807) is 0 Å². The smallest absolute Gasteiger partial charge is 0.276 e. The van der Waals surface area contributed by atoms with Gasteiger partial charge in [-0.1, -0.05) is 60.7 Å². The molecule has 0 heterocycles. The SMILES string of the molecule is O=C(COc1ccc(F)cc1)NNC(=O)C(c1ccccc1)c1ccccc1. The molecule has 0 fully saturated rings. The van der Waals surface area contributed by atoms with E-state index in [4.69, 9.17) is 4.74 Å². The van der Waals surface area contributed by atoms with Gasteiger partial charge in [-0.2, -0.15) is 0 Å². The molecule has 3 aromatic rings. The average Bonchev–Trinajstić information content (AvgIpc) is 2.73. The number of benzene rings is 3. The first-order valence-electron chi connectivity index (χ1n) is 8.70. The molecule has 0 aliphatic carbocycles. The third-order valence-corrected chi connectivity index (χ3v) is 4.04. The first-order valence-corrected chi connectivity index (χ1v) is 8.70. The number of nitrogens with one attached hydrogen (secondary N) is 2. The van der Waals surface area contributed by atoms with Crippen LogP contribution in [-0.2, 0) is 9.59 Å². The van der Waals surface area contributed by atoms with Crippen molar-refractivity contribution in [3.63, 3.8) is 0 Å². The Balaban J connectivity index is 1.60. The summed E-state index contributed by atoms with van der Waals surface area (Å²) in [4.78, 5) is 24.7. The minimum absolute atomic E-state index is 0.312. The van der Waals surface area contributed by atoms with Gasteiger partial charge in [-0.3, -0.25) is 20.4 Å². The standard InChI is InChI=1S/C22H19FN2O3/c23-18-11-13-19(14-12-18)28-15-20(26)24-25-22(27)21(16-7-3-1-4-8-16)17-9-5-2-6-10-17/h1-14,21H,15H2,(H,24,26)(H,25,27). The average molecular weight is 378 g/mol. The molecule has 0 bridgehead atoms. The predicted octanol–water partition coefficient (Wildman–Crippen LogP) is 3.18. The Kier molecular flexibility index (Phi) is 6.36. The van der Waals surface area contributed by atoms with Gasteiger partial charge < -0.3 is 4.74 Å². The van der Waals surface area contributed by atoms with Gasteiger partial charge in [0.2, 0.25) is 5.91 Å². The molecular formula is C22H19FN2O3. The molecule has 0 aliphatic rings. The molecule has 2 N–H and O–H groups in total. The summed E-state index contributed by atoms with van der Waals surface area (Å²) in [5.74, 6) is -1.50. The van der Waals surface area contributed by atoms with Gasteiger partial charge >= 0.3 is 0 Å². The highest BCUT2D eigenvalue weighted by atomic mass is 19.1. The predicted molar refractivity (Wildman–Crippen MR) is 103 cm³/mol. The zero-order valence-electron chi connectivity index (χ0n) is 15.0. The van der Waals surface area contributed by atoms with E-state index in [1.807, 2.05) is 60.7 Å². The van der Waals surface area contributed by atoms with Crippen molar-refractivity contribution in [2.75, 3.05) is 6.61 Å². The molecule has 0 saturated carbocycles. The van der Waals surface area contributed by atoms with Crippen molar-refractivity contribution in [3.8, 4) is 5.75 Å². The van der Waals surface area contributed by atoms with Crippen LogP contribution in [0, 0.1) is 5.82 Å². The molecule has 0 radical (unpaired) electrons. The Hall–Kier alpha value is -3.67. The Morgan fingerprint density at radius 1 is 0.786 bits per heavy atom.